The molecule has 1 saturated heterocycles. The van der Waals surface area contributed by atoms with Gasteiger partial charge in [0.15, 0.2) is 6.61 Å². The van der Waals surface area contributed by atoms with E-state index in [2.05, 4.69) is 4.74 Å². The SMILES string of the molecule is CC1CCCN(C(=O)C(=O)OCC(F)(F)F)C1. The van der Waals surface area contributed by atoms with E-state index in [1.165, 1.54) is 4.90 Å². The molecule has 0 bridgehead atoms. The highest BCUT2D eigenvalue weighted by Gasteiger charge is 2.33. The van der Waals surface area contributed by atoms with Crippen molar-refractivity contribution < 1.29 is 27.5 Å². The van der Waals surface area contributed by atoms with Gasteiger partial charge < -0.3 is 9.64 Å². The Morgan fingerprint density at radius 3 is 2.59 bits per heavy atom. The van der Waals surface area contributed by atoms with E-state index in [1.807, 2.05) is 6.92 Å². The van der Waals surface area contributed by atoms with Gasteiger partial charge in [-0.15, -0.1) is 0 Å². The van der Waals surface area contributed by atoms with Gasteiger partial charge in [0, 0.05) is 13.1 Å². The lowest BCUT2D eigenvalue weighted by Gasteiger charge is -2.29. The number of carbonyl (C=O) groups excluding carboxylic acids is 2. The Morgan fingerprint density at radius 2 is 2.06 bits per heavy atom. The van der Waals surface area contributed by atoms with Crippen LogP contribution in [0.15, 0.2) is 0 Å². The fourth-order valence-corrected chi connectivity index (χ4v) is 1.71. The van der Waals surface area contributed by atoms with E-state index < -0.39 is 24.7 Å². The molecule has 7 heteroatoms. The Kier molecular flexibility index (Phi) is 4.36. The molecular weight excluding hydrogens is 239 g/mol. The smallest absolute Gasteiger partial charge is 0.422 e. The molecule has 0 aromatic carbocycles. The van der Waals surface area contributed by atoms with Gasteiger partial charge in [0.2, 0.25) is 0 Å². The quantitative estimate of drug-likeness (QED) is 0.523. The first-order valence-corrected chi connectivity index (χ1v) is 5.32. The second-order valence-electron chi connectivity index (χ2n) is 4.19. The van der Waals surface area contributed by atoms with Crippen LogP contribution in [-0.2, 0) is 14.3 Å². The molecule has 0 aromatic rings. The number of ether oxygens (including phenoxy) is 1. The van der Waals surface area contributed by atoms with Gasteiger partial charge in [-0.3, -0.25) is 4.79 Å². The summed E-state index contributed by atoms with van der Waals surface area (Å²) in [5.74, 6) is -2.17. The van der Waals surface area contributed by atoms with E-state index in [0.717, 1.165) is 12.8 Å². The number of nitrogens with zero attached hydrogens (tertiary/aromatic N) is 1. The summed E-state index contributed by atoms with van der Waals surface area (Å²) in [6.07, 6.45) is -2.91. The van der Waals surface area contributed by atoms with Crippen molar-refractivity contribution >= 4 is 11.9 Å². The zero-order valence-electron chi connectivity index (χ0n) is 9.42. The lowest BCUT2D eigenvalue weighted by atomic mass is 10.0. The topological polar surface area (TPSA) is 46.6 Å². The molecule has 0 N–H and O–H groups in total. The minimum Gasteiger partial charge on any atom is -0.449 e. The molecule has 17 heavy (non-hydrogen) atoms. The summed E-state index contributed by atoms with van der Waals surface area (Å²) in [4.78, 5) is 23.8. The molecule has 1 atom stereocenters. The van der Waals surface area contributed by atoms with Gasteiger partial charge in [0.1, 0.15) is 0 Å². The van der Waals surface area contributed by atoms with Crippen molar-refractivity contribution in [1.29, 1.82) is 0 Å². The Morgan fingerprint density at radius 1 is 1.41 bits per heavy atom. The van der Waals surface area contributed by atoms with Crippen LogP contribution >= 0.6 is 0 Å². The fraction of sp³-hybridized carbons (Fsp3) is 0.800. The highest BCUT2D eigenvalue weighted by atomic mass is 19.4. The minimum absolute atomic E-state index is 0.253. The Balaban J connectivity index is 2.43. The Bertz CT molecular complexity index is 304. The number of halogens is 3. The third-order valence-corrected chi connectivity index (χ3v) is 2.49. The van der Waals surface area contributed by atoms with Crippen molar-refractivity contribution in [2.45, 2.75) is 25.9 Å². The van der Waals surface area contributed by atoms with Gasteiger partial charge in [-0.25, -0.2) is 4.79 Å². The zero-order chi connectivity index (χ0) is 13.1. The van der Waals surface area contributed by atoms with Gasteiger partial charge in [0.05, 0.1) is 0 Å². The summed E-state index contributed by atoms with van der Waals surface area (Å²) in [5, 5.41) is 0. The van der Waals surface area contributed by atoms with Crippen LogP contribution in [0.25, 0.3) is 0 Å². The molecule has 0 saturated carbocycles. The molecule has 98 valence electrons. The Labute approximate surface area is 96.7 Å². The molecule has 1 rings (SSSR count). The maximum absolute atomic E-state index is 11.8. The number of esters is 1. The monoisotopic (exact) mass is 253 g/mol. The van der Waals surface area contributed by atoms with Crippen LogP contribution in [0.1, 0.15) is 19.8 Å². The first-order chi connectivity index (χ1) is 7.79. The van der Waals surface area contributed by atoms with E-state index in [0.29, 0.717) is 13.1 Å². The van der Waals surface area contributed by atoms with Crippen LogP contribution in [-0.4, -0.2) is 42.6 Å². The van der Waals surface area contributed by atoms with Crippen molar-refractivity contribution in [3.63, 3.8) is 0 Å². The second-order valence-corrected chi connectivity index (χ2v) is 4.19. The molecule has 1 amide bonds. The summed E-state index contributed by atoms with van der Waals surface area (Å²) in [7, 11) is 0. The fourth-order valence-electron chi connectivity index (χ4n) is 1.71. The molecule has 1 fully saturated rings. The summed E-state index contributed by atoms with van der Waals surface area (Å²) >= 11 is 0. The van der Waals surface area contributed by atoms with Crippen LogP contribution in [0.2, 0.25) is 0 Å². The Hall–Kier alpha value is -1.27. The molecule has 0 spiro atoms. The van der Waals surface area contributed by atoms with E-state index in [9.17, 15) is 22.8 Å². The average molecular weight is 253 g/mol. The van der Waals surface area contributed by atoms with Crippen molar-refractivity contribution in [2.75, 3.05) is 19.7 Å². The third-order valence-electron chi connectivity index (χ3n) is 2.49. The van der Waals surface area contributed by atoms with Crippen molar-refractivity contribution in [3.8, 4) is 0 Å². The van der Waals surface area contributed by atoms with E-state index in [1.54, 1.807) is 0 Å². The standard InChI is InChI=1S/C10H14F3NO3/c1-7-3-2-4-14(5-7)8(15)9(16)17-6-10(11,12)13/h7H,2-6H2,1H3. The van der Waals surface area contributed by atoms with Gasteiger partial charge in [-0.1, -0.05) is 6.92 Å². The van der Waals surface area contributed by atoms with E-state index >= 15 is 0 Å². The summed E-state index contributed by atoms with van der Waals surface area (Å²) in [5.41, 5.74) is 0. The minimum atomic E-state index is -4.61. The van der Waals surface area contributed by atoms with Gasteiger partial charge in [-0.2, -0.15) is 13.2 Å². The number of alkyl halides is 3. The van der Waals surface area contributed by atoms with E-state index in [-0.39, 0.29) is 5.92 Å². The number of hydrogen-bond acceptors (Lipinski definition) is 3. The van der Waals surface area contributed by atoms with Crippen molar-refractivity contribution in [3.05, 3.63) is 0 Å². The van der Waals surface area contributed by atoms with Crippen LogP contribution in [0.5, 0.6) is 0 Å². The van der Waals surface area contributed by atoms with Crippen molar-refractivity contribution in [2.24, 2.45) is 5.92 Å². The molecule has 0 radical (unpaired) electrons. The lowest BCUT2D eigenvalue weighted by molar-refractivity contribution is -0.189. The normalized spacial score (nSPS) is 21.2. The number of likely N-dealkylation sites (tertiary alicyclic amines) is 1. The van der Waals surface area contributed by atoms with Crippen LogP contribution < -0.4 is 0 Å². The highest BCUT2D eigenvalue weighted by Crippen LogP contribution is 2.17. The number of amides is 1. The summed E-state index contributed by atoms with van der Waals surface area (Å²) in [6, 6.07) is 0. The molecule has 1 unspecified atom stereocenters. The summed E-state index contributed by atoms with van der Waals surface area (Å²) in [6.45, 7) is 0.978. The van der Waals surface area contributed by atoms with Crippen LogP contribution in [0, 0.1) is 5.92 Å². The number of carbonyl (C=O) groups is 2. The third kappa shape index (κ3) is 4.62. The van der Waals surface area contributed by atoms with Crippen molar-refractivity contribution in [1.82, 2.24) is 4.90 Å². The largest absolute Gasteiger partial charge is 0.449 e. The number of piperidine rings is 1. The maximum Gasteiger partial charge on any atom is 0.422 e. The van der Waals surface area contributed by atoms with Gasteiger partial charge in [-0.05, 0) is 18.8 Å². The first kappa shape index (κ1) is 13.8. The highest BCUT2D eigenvalue weighted by molar-refractivity contribution is 6.32. The zero-order valence-corrected chi connectivity index (χ0v) is 9.42. The maximum atomic E-state index is 11.8. The molecule has 4 nitrogen and oxygen atoms in total. The lowest BCUT2D eigenvalue weighted by Crippen LogP contribution is -2.44. The average Bonchev–Trinajstić information content (AvgIpc) is 2.24. The molecular formula is C10H14F3NO3. The summed E-state index contributed by atoms with van der Waals surface area (Å²) < 4.78 is 39.2. The van der Waals surface area contributed by atoms with E-state index in [4.69, 9.17) is 0 Å². The molecule has 0 aliphatic carbocycles. The molecule has 1 aliphatic rings. The van der Waals surface area contributed by atoms with Gasteiger partial charge >= 0.3 is 18.1 Å². The predicted octanol–water partition coefficient (Wildman–Crippen LogP) is 1.35. The molecule has 0 aromatic heterocycles. The second kappa shape index (κ2) is 5.37. The van der Waals surface area contributed by atoms with Gasteiger partial charge in [0.25, 0.3) is 0 Å². The molecule has 1 heterocycles. The predicted molar refractivity (Wildman–Crippen MR) is 52.0 cm³/mol. The van der Waals surface area contributed by atoms with Crippen LogP contribution in [0.4, 0.5) is 13.2 Å². The molecule has 1 aliphatic heterocycles. The number of rotatable bonds is 1. The number of hydrogen-bond donors (Lipinski definition) is 0. The first-order valence-electron chi connectivity index (χ1n) is 5.32. The van der Waals surface area contributed by atoms with Crippen LogP contribution in [0.3, 0.4) is 0 Å².